The number of benzene rings is 1. The Balaban J connectivity index is 1.55. The highest BCUT2D eigenvalue weighted by molar-refractivity contribution is 5.94. The largest absolute Gasteiger partial charge is 0.365 e. The molecule has 0 bridgehead atoms. The van der Waals surface area contributed by atoms with E-state index in [1.807, 2.05) is 0 Å². The van der Waals surface area contributed by atoms with Crippen LogP contribution in [0.1, 0.15) is 42.9 Å². The third kappa shape index (κ3) is 3.15. The third-order valence-corrected chi connectivity index (χ3v) is 6.16. The summed E-state index contributed by atoms with van der Waals surface area (Å²) in [4.78, 5) is 6.45. The summed E-state index contributed by atoms with van der Waals surface area (Å²) in [6.45, 7) is 3.93. The fourth-order valence-electron chi connectivity index (χ4n) is 4.26. The number of nitrogens with zero attached hydrogens (tertiary/aromatic N) is 3. The number of piperidine rings is 1. The summed E-state index contributed by atoms with van der Waals surface area (Å²) in [6.07, 6.45) is 6.27. The summed E-state index contributed by atoms with van der Waals surface area (Å²) in [6, 6.07) is 6.52. The minimum atomic E-state index is -0.229. The number of H-pyrrole nitrogens is 1. The Morgan fingerprint density at radius 1 is 1.14 bits per heavy atom. The Kier molecular flexibility index (Phi) is 4.31. The molecule has 1 aliphatic heterocycles. The standard InChI is InChI=1S/C22H26FN5/c1-13-21(23)16(5-8-24-13)18-12-20-19(11-17(18)14-3-4-14)22(27-26-20)25-15-6-9-28(2)10-7-15/h5,8,11-12,14-15H,3-4,6-7,9-10H2,1-2H3,(H2,25,26,27). The van der Waals surface area contributed by atoms with E-state index >= 15 is 0 Å². The van der Waals surface area contributed by atoms with Crippen molar-refractivity contribution in [2.45, 2.75) is 44.6 Å². The van der Waals surface area contributed by atoms with E-state index in [9.17, 15) is 4.39 Å². The number of likely N-dealkylation sites (tertiary alicyclic amines) is 1. The molecule has 1 aliphatic carbocycles. The van der Waals surface area contributed by atoms with Crippen LogP contribution in [0.2, 0.25) is 0 Å². The fraction of sp³-hybridized carbons (Fsp3) is 0.455. The van der Waals surface area contributed by atoms with Crippen LogP contribution in [0.4, 0.5) is 10.2 Å². The maximum absolute atomic E-state index is 14.8. The van der Waals surface area contributed by atoms with Crippen molar-refractivity contribution in [3.8, 4) is 11.1 Å². The smallest absolute Gasteiger partial charge is 0.155 e. The number of hydrogen-bond acceptors (Lipinski definition) is 4. The van der Waals surface area contributed by atoms with Crippen molar-refractivity contribution in [1.29, 1.82) is 0 Å². The lowest BCUT2D eigenvalue weighted by Crippen LogP contribution is -2.36. The van der Waals surface area contributed by atoms with Crippen LogP contribution in [0.15, 0.2) is 24.4 Å². The molecule has 5 nitrogen and oxygen atoms in total. The lowest BCUT2D eigenvalue weighted by molar-refractivity contribution is 0.263. The van der Waals surface area contributed by atoms with Crippen LogP contribution in [0.5, 0.6) is 0 Å². The van der Waals surface area contributed by atoms with E-state index in [2.05, 4.69) is 44.6 Å². The molecule has 6 heteroatoms. The van der Waals surface area contributed by atoms with E-state index in [1.165, 1.54) is 18.4 Å². The number of halogens is 1. The monoisotopic (exact) mass is 379 g/mol. The molecule has 1 saturated heterocycles. The van der Waals surface area contributed by atoms with Crippen LogP contribution in [-0.4, -0.2) is 46.3 Å². The van der Waals surface area contributed by atoms with Crippen LogP contribution in [0, 0.1) is 12.7 Å². The van der Waals surface area contributed by atoms with Gasteiger partial charge in [0.05, 0.1) is 11.2 Å². The Hall–Kier alpha value is -2.47. The minimum Gasteiger partial charge on any atom is -0.365 e. The number of rotatable bonds is 4. The first kappa shape index (κ1) is 17.6. The van der Waals surface area contributed by atoms with E-state index in [-0.39, 0.29) is 5.82 Å². The predicted octanol–water partition coefficient (Wildman–Crippen LogP) is 4.46. The molecular weight excluding hydrogens is 353 g/mol. The van der Waals surface area contributed by atoms with E-state index in [0.717, 1.165) is 48.2 Å². The molecule has 146 valence electrons. The molecule has 5 rings (SSSR count). The molecule has 0 atom stereocenters. The quantitative estimate of drug-likeness (QED) is 0.703. The zero-order valence-corrected chi connectivity index (χ0v) is 16.4. The highest BCUT2D eigenvalue weighted by atomic mass is 19.1. The first-order valence-electron chi connectivity index (χ1n) is 10.2. The molecule has 1 aromatic carbocycles. The molecule has 2 N–H and O–H groups in total. The van der Waals surface area contributed by atoms with Gasteiger partial charge >= 0.3 is 0 Å². The highest BCUT2D eigenvalue weighted by Gasteiger charge is 2.29. The van der Waals surface area contributed by atoms with Gasteiger partial charge in [0.1, 0.15) is 0 Å². The lowest BCUT2D eigenvalue weighted by Gasteiger charge is -2.29. The molecule has 0 unspecified atom stereocenters. The number of fused-ring (bicyclic) bond motifs is 1. The predicted molar refractivity (Wildman–Crippen MR) is 110 cm³/mol. The van der Waals surface area contributed by atoms with E-state index in [1.54, 1.807) is 19.2 Å². The van der Waals surface area contributed by atoms with Crippen molar-refractivity contribution in [2.75, 3.05) is 25.5 Å². The van der Waals surface area contributed by atoms with Gasteiger partial charge in [-0.05, 0) is 88.0 Å². The molecule has 2 aromatic heterocycles. The summed E-state index contributed by atoms with van der Waals surface area (Å²) in [7, 11) is 2.17. The molecule has 0 radical (unpaired) electrons. The summed E-state index contributed by atoms with van der Waals surface area (Å²) in [5.74, 6) is 1.20. The van der Waals surface area contributed by atoms with Gasteiger partial charge in [-0.15, -0.1) is 0 Å². The Labute approximate surface area is 164 Å². The van der Waals surface area contributed by atoms with Crippen LogP contribution in [-0.2, 0) is 0 Å². The van der Waals surface area contributed by atoms with Gasteiger partial charge in [0.15, 0.2) is 11.6 Å². The maximum atomic E-state index is 14.8. The van der Waals surface area contributed by atoms with Gasteiger partial charge < -0.3 is 10.2 Å². The molecule has 3 heterocycles. The maximum Gasteiger partial charge on any atom is 0.155 e. The Bertz CT molecular complexity index is 1020. The number of aromatic amines is 1. The van der Waals surface area contributed by atoms with E-state index in [4.69, 9.17) is 0 Å². The van der Waals surface area contributed by atoms with E-state index < -0.39 is 0 Å². The summed E-state index contributed by atoms with van der Waals surface area (Å²) >= 11 is 0. The number of nitrogens with one attached hydrogen (secondary N) is 2. The third-order valence-electron chi connectivity index (χ3n) is 6.16. The topological polar surface area (TPSA) is 56.8 Å². The van der Waals surface area contributed by atoms with Crippen LogP contribution in [0.3, 0.4) is 0 Å². The van der Waals surface area contributed by atoms with Crippen molar-refractivity contribution >= 4 is 16.7 Å². The molecule has 2 fully saturated rings. The van der Waals surface area contributed by atoms with Crippen molar-refractivity contribution in [2.24, 2.45) is 0 Å². The van der Waals surface area contributed by atoms with Crippen LogP contribution in [0.25, 0.3) is 22.0 Å². The minimum absolute atomic E-state index is 0.229. The molecular formula is C22H26FN5. The van der Waals surface area contributed by atoms with Gasteiger partial charge in [-0.3, -0.25) is 10.1 Å². The van der Waals surface area contributed by atoms with Crippen molar-refractivity contribution in [1.82, 2.24) is 20.1 Å². The fourth-order valence-corrected chi connectivity index (χ4v) is 4.26. The van der Waals surface area contributed by atoms with Gasteiger partial charge in [0.25, 0.3) is 0 Å². The average molecular weight is 379 g/mol. The van der Waals surface area contributed by atoms with Crippen LogP contribution >= 0.6 is 0 Å². The number of aromatic nitrogens is 3. The molecule has 2 aliphatic rings. The van der Waals surface area contributed by atoms with Crippen molar-refractivity contribution in [3.05, 3.63) is 41.5 Å². The van der Waals surface area contributed by atoms with Gasteiger partial charge in [-0.25, -0.2) is 4.39 Å². The number of aryl methyl sites for hydroxylation is 1. The Morgan fingerprint density at radius 3 is 2.68 bits per heavy atom. The molecule has 3 aromatic rings. The van der Waals surface area contributed by atoms with Crippen LogP contribution < -0.4 is 5.32 Å². The first-order valence-corrected chi connectivity index (χ1v) is 10.2. The SMILES string of the molecule is Cc1nccc(-c2cc3[nH]nc(NC4CCN(C)CC4)c3cc2C2CC2)c1F. The number of anilines is 1. The zero-order valence-electron chi connectivity index (χ0n) is 16.4. The average Bonchev–Trinajstić information content (AvgIpc) is 3.47. The highest BCUT2D eigenvalue weighted by Crippen LogP contribution is 2.46. The lowest BCUT2D eigenvalue weighted by atomic mass is 9.94. The summed E-state index contributed by atoms with van der Waals surface area (Å²) in [5, 5.41) is 12.4. The summed E-state index contributed by atoms with van der Waals surface area (Å²) in [5.41, 5.74) is 4.21. The van der Waals surface area contributed by atoms with E-state index in [0.29, 0.717) is 23.2 Å². The van der Waals surface area contributed by atoms with Gasteiger partial charge in [-0.1, -0.05) is 0 Å². The normalized spacial score (nSPS) is 18.7. The molecule has 0 amide bonds. The van der Waals surface area contributed by atoms with Crippen molar-refractivity contribution in [3.63, 3.8) is 0 Å². The second-order valence-electron chi connectivity index (χ2n) is 8.31. The second-order valence-corrected chi connectivity index (χ2v) is 8.31. The molecule has 1 saturated carbocycles. The zero-order chi connectivity index (χ0) is 19.3. The van der Waals surface area contributed by atoms with Gasteiger partial charge in [0.2, 0.25) is 0 Å². The number of hydrogen-bond donors (Lipinski definition) is 2. The molecule has 28 heavy (non-hydrogen) atoms. The van der Waals surface area contributed by atoms with Crippen molar-refractivity contribution < 1.29 is 4.39 Å². The summed E-state index contributed by atoms with van der Waals surface area (Å²) < 4.78 is 14.8. The van der Waals surface area contributed by atoms with Gasteiger partial charge in [0, 0.05) is 23.2 Å². The van der Waals surface area contributed by atoms with Gasteiger partial charge in [-0.2, -0.15) is 5.10 Å². The number of pyridine rings is 1. The Morgan fingerprint density at radius 2 is 1.93 bits per heavy atom. The molecule has 0 spiro atoms. The first-order chi connectivity index (χ1) is 13.6. The second kappa shape index (κ2) is 6.85.